The van der Waals surface area contributed by atoms with Gasteiger partial charge in [-0.25, -0.2) is 9.59 Å². The molecule has 16 atom stereocenters. The molecule has 5 aliphatic heterocycles. The lowest BCUT2D eigenvalue weighted by molar-refractivity contribution is -0.317. The molecule has 1 aromatic rings. The third-order valence-corrected chi connectivity index (χ3v) is 14.5. The molecule has 3 aliphatic carbocycles. The van der Waals surface area contributed by atoms with Crippen LogP contribution in [-0.2, 0) is 47.5 Å². The van der Waals surface area contributed by atoms with Crippen molar-refractivity contribution >= 4 is 18.0 Å². The minimum absolute atomic E-state index is 0.00907. The Kier molecular flexibility index (Phi) is 6.70. The first kappa shape index (κ1) is 33.0. The standard InChI is InChI=1S/C37H44O13/c1-31-17-46-25-26(31)34(22(16-21(31)38)48-24(39)12-11-19-9-7-6-8-10-19)18-47-36(44-5,29(40)43-4)28(34)32(2)27(25)50-33(3)20-15-23(37(32,33)42)49-30-35(20,41)13-14-45-30/h6-14,20-23,25-28,30,38,41-42H,15-18H2,1-5H3/b12-11+/t20-,21-,22+,23+,25-,26-,27+,28-,30+,31-,32-,33-,34+,35+,36+,37+/m1/s1. The lowest BCUT2D eigenvalue weighted by atomic mass is 9.37. The highest BCUT2D eigenvalue weighted by atomic mass is 16.7. The number of benzene rings is 1. The predicted molar refractivity (Wildman–Crippen MR) is 169 cm³/mol. The Hall–Kier alpha value is -2.88. The summed E-state index contributed by atoms with van der Waals surface area (Å²) in [5.41, 5.74) is -7.83. The molecule has 0 aromatic heterocycles. The molecule has 0 radical (unpaired) electrons. The van der Waals surface area contributed by atoms with Gasteiger partial charge in [0, 0.05) is 53.6 Å². The van der Waals surface area contributed by atoms with E-state index in [1.54, 1.807) is 13.0 Å². The molecular formula is C37H44O13. The maximum Gasteiger partial charge on any atom is 0.366 e. The minimum Gasteiger partial charge on any atom is -0.469 e. The van der Waals surface area contributed by atoms with Gasteiger partial charge in [0.05, 0.1) is 51.0 Å². The number of aliphatic hydroxyl groups excluding tert-OH is 1. The Bertz CT molecular complexity index is 1680. The van der Waals surface area contributed by atoms with Crippen LogP contribution in [0.1, 0.15) is 39.2 Å². The Morgan fingerprint density at radius 2 is 1.80 bits per heavy atom. The lowest BCUT2D eigenvalue weighted by Gasteiger charge is -2.66. The number of aliphatic hydroxyl groups is 3. The highest BCUT2D eigenvalue weighted by Gasteiger charge is 2.94. The van der Waals surface area contributed by atoms with Gasteiger partial charge in [0.1, 0.15) is 17.3 Å². The van der Waals surface area contributed by atoms with E-state index in [0.717, 1.165) is 5.56 Å². The minimum atomic E-state index is -2.10. The van der Waals surface area contributed by atoms with Crippen LogP contribution in [0, 0.1) is 34.0 Å². The summed E-state index contributed by atoms with van der Waals surface area (Å²) < 4.78 is 50.3. The monoisotopic (exact) mass is 696 g/mol. The predicted octanol–water partition coefficient (Wildman–Crippen LogP) is 1.47. The van der Waals surface area contributed by atoms with Gasteiger partial charge in [-0.3, -0.25) is 0 Å². The first-order valence-electron chi connectivity index (χ1n) is 17.3. The van der Waals surface area contributed by atoms with Crippen molar-refractivity contribution in [3.63, 3.8) is 0 Å². The molecule has 1 spiro atoms. The van der Waals surface area contributed by atoms with Crippen molar-refractivity contribution in [1.82, 2.24) is 0 Å². The Balaban J connectivity index is 1.25. The number of hydrogen-bond donors (Lipinski definition) is 3. The van der Waals surface area contributed by atoms with Crippen molar-refractivity contribution in [2.75, 3.05) is 27.4 Å². The summed E-state index contributed by atoms with van der Waals surface area (Å²) in [6.07, 6.45) is 0.492. The van der Waals surface area contributed by atoms with Crippen molar-refractivity contribution in [2.24, 2.45) is 34.0 Å². The molecule has 7 fully saturated rings. The van der Waals surface area contributed by atoms with Crippen LogP contribution in [0.4, 0.5) is 0 Å². The van der Waals surface area contributed by atoms with Crippen molar-refractivity contribution in [3.8, 4) is 0 Å². The third-order valence-electron chi connectivity index (χ3n) is 14.5. The molecule has 2 bridgehead atoms. The molecule has 3 saturated carbocycles. The van der Waals surface area contributed by atoms with Crippen LogP contribution in [0.2, 0.25) is 0 Å². The average molecular weight is 697 g/mol. The smallest absolute Gasteiger partial charge is 0.366 e. The number of methoxy groups -OCH3 is 2. The van der Waals surface area contributed by atoms with E-state index in [2.05, 4.69) is 0 Å². The molecule has 13 nitrogen and oxygen atoms in total. The fourth-order valence-electron chi connectivity index (χ4n) is 12.5. The summed E-state index contributed by atoms with van der Waals surface area (Å²) in [6, 6.07) is 9.30. The first-order chi connectivity index (χ1) is 23.7. The Morgan fingerprint density at radius 3 is 2.52 bits per heavy atom. The van der Waals surface area contributed by atoms with Crippen molar-refractivity contribution in [3.05, 3.63) is 54.3 Å². The van der Waals surface area contributed by atoms with Crippen LogP contribution in [-0.4, -0.2) is 114 Å². The van der Waals surface area contributed by atoms with E-state index >= 15 is 0 Å². The zero-order valence-electron chi connectivity index (χ0n) is 28.6. The van der Waals surface area contributed by atoms with E-state index in [-0.39, 0.29) is 26.1 Å². The molecule has 1 aromatic carbocycles. The number of fused-ring (bicyclic) bond motifs is 11. The molecule has 3 N–H and O–H groups in total. The highest BCUT2D eigenvalue weighted by Crippen LogP contribution is 2.80. The van der Waals surface area contributed by atoms with E-state index in [0.29, 0.717) is 0 Å². The van der Waals surface area contributed by atoms with E-state index in [9.17, 15) is 24.9 Å². The lowest BCUT2D eigenvalue weighted by Crippen LogP contribution is -2.78. The van der Waals surface area contributed by atoms with Crippen LogP contribution >= 0.6 is 0 Å². The van der Waals surface area contributed by atoms with Crippen LogP contribution in [0.15, 0.2) is 48.7 Å². The second kappa shape index (κ2) is 10.2. The molecule has 0 amide bonds. The van der Waals surface area contributed by atoms with Crippen molar-refractivity contribution < 1.29 is 62.8 Å². The summed E-state index contributed by atoms with van der Waals surface area (Å²) >= 11 is 0. The molecule has 13 heteroatoms. The Labute approximate surface area is 289 Å². The van der Waals surface area contributed by atoms with Crippen LogP contribution in [0.5, 0.6) is 0 Å². The van der Waals surface area contributed by atoms with Gasteiger partial charge in [0.2, 0.25) is 6.29 Å². The highest BCUT2D eigenvalue weighted by molar-refractivity contribution is 5.87. The number of esters is 2. The van der Waals surface area contributed by atoms with Gasteiger partial charge in [-0.15, -0.1) is 0 Å². The number of carbonyl (C=O) groups excluding carboxylic acids is 2. The SMILES string of the molecule is COC(=O)[C@@]1(OC)OC[C@]23[C@@H](OC(=O)/C=C/c4ccccc4)C[C@@H](O)[C@@]4(C)CO[C@H]([C@H]42)[C@@H]2O[C@]4(C)[C@H]5C[C@H](O[C@@H]6OC=C[C@@]65O)[C@]4(O)[C@@]2(C)[C@@H]13. The molecule has 0 unspecified atom stereocenters. The zero-order chi connectivity index (χ0) is 35.3. The molecule has 4 saturated heterocycles. The van der Waals surface area contributed by atoms with E-state index in [1.807, 2.05) is 44.2 Å². The largest absolute Gasteiger partial charge is 0.469 e. The van der Waals surface area contributed by atoms with Crippen LogP contribution < -0.4 is 0 Å². The fourth-order valence-corrected chi connectivity index (χ4v) is 12.5. The number of ether oxygens (including phenoxy) is 8. The third kappa shape index (κ3) is 3.43. The number of hydrogen-bond acceptors (Lipinski definition) is 13. The van der Waals surface area contributed by atoms with Crippen LogP contribution in [0.3, 0.4) is 0 Å². The fraction of sp³-hybridized carbons (Fsp3) is 0.676. The summed E-state index contributed by atoms with van der Waals surface area (Å²) in [7, 11) is 2.58. The van der Waals surface area contributed by atoms with Gasteiger partial charge in [0.15, 0.2) is 5.60 Å². The van der Waals surface area contributed by atoms with Gasteiger partial charge in [-0.2, -0.15) is 0 Å². The maximum atomic E-state index is 14.2. The normalized spacial score (nSPS) is 54.8. The summed E-state index contributed by atoms with van der Waals surface area (Å²) in [5, 5.41) is 37.5. The topological polar surface area (TPSA) is 169 Å². The van der Waals surface area contributed by atoms with E-state index < -0.39 is 105 Å². The molecule has 50 heavy (non-hydrogen) atoms. The van der Waals surface area contributed by atoms with Gasteiger partial charge < -0.3 is 53.2 Å². The quantitative estimate of drug-likeness (QED) is 0.299. The van der Waals surface area contributed by atoms with Gasteiger partial charge in [-0.05, 0) is 31.1 Å². The molecule has 9 rings (SSSR count). The molecule has 8 aliphatic rings. The second-order valence-electron chi connectivity index (χ2n) is 16.1. The van der Waals surface area contributed by atoms with Crippen molar-refractivity contribution in [1.29, 1.82) is 0 Å². The number of rotatable bonds is 5. The second-order valence-corrected chi connectivity index (χ2v) is 16.1. The summed E-state index contributed by atoms with van der Waals surface area (Å²) in [4.78, 5) is 27.9. The maximum absolute atomic E-state index is 14.2. The van der Waals surface area contributed by atoms with Gasteiger partial charge in [0.25, 0.3) is 5.79 Å². The molecule has 5 heterocycles. The van der Waals surface area contributed by atoms with Gasteiger partial charge >= 0.3 is 11.9 Å². The molecule has 270 valence electrons. The summed E-state index contributed by atoms with van der Waals surface area (Å²) in [6.45, 7) is 5.53. The van der Waals surface area contributed by atoms with E-state index in [4.69, 9.17) is 37.9 Å². The number of carbonyl (C=O) groups is 2. The van der Waals surface area contributed by atoms with Crippen LogP contribution in [0.25, 0.3) is 6.08 Å². The van der Waals surface area contributed by atoms with Gasteiger partial charge in [-0.1, -0.05) is 44.2 Å². The average Bonchev–Trinajstić information content (AvgIpc) is 3.86. The zero-order valence-corrected chi connectivity index (χ0v) is 28.6. The summed E-state index contributed by atoms with van der Waals surface area (Å²) in [5.74, 6) is -5.97. The Morgan fingerprint density at radius 1 is 1.04 bits per heavy atom. The first-order valence-corrected chi connectivity index (χ1v) is 17.3. The van der Waals surface area contributed by atoms with E-state index in [1.165, 1.54) is 32.6 Å². The van der Waals surface area contributed by atoms with Crippen molar-refractivity contribution in [2.45, 2.75) is 93.0 Å². The molecular weight excluding hydrogens is 652 g/mol.